The van der Waals surface area contributed by atoms with Gasteiger partial charge in [0.15, 0.2) is 0 Å². The normalized spacial score (nSPS) is 11.7. The molecule has 0 spiro atoms. The molecule has 0 radical (unpaired) electrons. The van der Waals surface area contributed by atoms with E-state index in [-0.39, 0.29) is 23.6 Å². The number of hydrogen-bond donors (Lipinski definition) is 3. The van der Waals surface area contributed by atoms with Gasteiger partial charge >= 0.3 is 0 Å². The molecule has 0 unspecified atom stereocenters. The number of hydrogen-bond acceptors (Lipinski definition) is 6. The van der Waals surface area contributed by atoms with Crippen molar-refractivity contribution in [2.75, 3.05) is 11.5 Å². The molecule has 0 atom stereocenters. The zero-order valence-electron chi connectivity index (χ0n) is 19.4. The fourth-order valence-electron chi connectivity index (χ4n) is 4.44. The molecule has 0 fully saturated rings. The lowest BCUT2D eigenvalue weighted by molar-refractivity contribution is 0.0974. The second-order valence-electron chi connectivity index (χ2n) is 8.33. The molecular weight excluding hydrogens is 478 g/mol. The Hall–Kier alpha value is -4.44. The molecular formula is C26H23N5O4S. The van der Waals surface area contributed by atoms with Gasteiger partial charge in [0.05, 0.1) is 11.3 Å². The number of nitrogen functional groups attached to an aromatic ring is 1. The number of nitrogens with two attached hydrogens (primary N) is 1. The molecule has 0 aliphatic carbocycles. The van der Waals surface area contributed by atoms with Crippen molar-refractivity contribution in [2.24, 2.45) is 0 Å². The number of carbonyl (C=O) groups excluding carboxylic acids is 1. The van der Waals surface area contributed by atoms with Crippen molar-refractivity contribution in [3.63, 3.8) is 0 Å². The van der Waals surface area contributed by atoms with Crippen LogP contribution in [0.2, 0.25) is 0 Å². The molecule has 0 saturated heterocycles. The van der Waals surface area contributed by atoms with Crippen LogP contribution in [0, 0.1) is 0 Å². The van der Waals surface area contributed by atoms with Crippen molar-refractivity contribution < 1.29 is 13.2 Å². The van der Waals surface area contributed by atoms with E-state index >= 15 is 0 Å². The van der Waals surface area contributed by atoms with E-state index in [1.807, 2.05) is 36.4 Å². The topological polar surface area (TPSA) is 140 Å². The Labute approximate surface area is 206 Å². The van der Waals surface area contributed by atoms with Crippen LogP contribution in [0.5, 0.6) is 0 Å². The number of carbonyl (C=O) groups is 1. The van der Waals surface area contributed by atoms with Gasteiger partial charge in [-0.1, -0.05) is 30.3 Å². The van der Waals surface area contributed by atoms with Crippen molar-refractivity contribution in [3.8, 4) is 11.1 Å². The SMILES string of the molecule is CCS(=O)(=O)NC(=O)c1c(-c2ccc[nH]c2=O)c2c3ccccc3ccc2n1Cc1ccnc(N)c1. The smallest absolute Gasteiger partial charge is 0.282 e. The minimum absolute atomic E-state index is 0.0606. The zero-order chi connectivity index (χ0) is 25.4. The van der Waals surface area contributed by atoms with Gasteiger partial charge in [-0.15, -0.1) is 0 Å². The number of pyridine rings is 2. The molecule has 1 amide bonds. The molecule has 3 aromatic heterocycles. The molecule has 2 aromatic carbocycles. The number of sulfonamides is 1. The number of benzene rings is 2. The van der Waals surface area contributed by atoms with E-state index in [9.17, 15) is 18.0 Å². The Bertz CT molecular complexity index is 1800. The molecule has 182 valence electrons. The molecule has 10 heteroatoms. The van der Waals surface area contributed by atoms with Gasteiger partial charge in [0.2, 0.25) is 10.0 Å². The molecule has 0 aliphatic heterocycles. The number of anilines is 1. The van der Waals surface area contributed by atoms with Crippen LogP contribution in [0.15, 0.2) is 77.9 Å². The summed E-state index contributed by atoms with van der Waals surface area (Å²) in [4.78, 5) is 33.3. The number of H-pyrrole nitrogens is 1. The average Bonchev–Trinajstić information content (AvgIpc) is 3.18. The predicted molar refractivity (Wildman–Crippen MR) is 140 cm³/mol. The van der Waals surface area contributed by atoms with E-state index in [0.717, 1.165) is 16.3 Å². The molecule has 5 aromatic rings. The van der Waals surface area contributed by atoms with Crippen LogP contribution < -0.4 is 16.0 Å². The Morgan fingerprint density at radius 3 is 2.67 bits per heavy atom. The Morgan fingerprint density at radius 1 is 1.11 bits per heavy atom. The molecule has 0 saturated carbocycles. The van der Waals surface area contributed by atoms with Crippen LogP contribution in [-0.4, -0.2) is 34.6 Å². The van der Waals surface area contributed by atoms with Gasteiger partial charge in [0, 0.05) is 35.5 Å². The number of nitrogens with one attached hydrogen (secondary N) is 2. The van der Waals surface area contributed by atoms with Gasteiger partial charge in [0.1, 0.15) is 11.5 Å². The van der Waals surface area contributed by atoms with Gasteiger partial charge in [-0.2, -0.15) is 0 Å². The van der Waals surface area contributed by atoms with E-state index in [2.05, 4.69) is 14.7 Å². The molecule has 4 N–H and O–H groups in total. The van der Waals surface area contributed by atoms with Gasteiger partial charge in [-0.3, -0.25) is 9.59 Å². The summed E-state index contributed by atoms with van der Waals surface area (Å²) in [6.07, 6.45) is 3.07. The van der Waals surface area contributed by atoms with Crippen LogP contribution >= 0.6 is 0 Å². The zero-order valence-corrected chi connectivity index (χ0v) is 20.2. The molecule has 0 bridgehead atoms. The van der Waals surface area contributed by atoms with Crippen molar-refractivity contribution >= 4 is 43.4 Å². The van der Waals surface area contributed by atoms with Gasteiger partial charge in [-0.25, -0.2) is 18.1 Å². The lowest BCUT2D eigenvalue weighted by Crippen LogP contribution is -2.33. The maximum Gasteiger partial charge on any atom is 0.282 e. The van der Waals surface area contributed by atoms with Gasteiger partial charge < -0.3 is 15.3 Å². The fourth-order valence-corrected chi connectivity index (χ4v) is 4.96. The second kappa shape index (κ2) is 8.97. The highest BCUT2D eigenvalue weighted by Gasteiger charge is 2.28. The standard InChI is InChI=1S/C26H23N5O4S/c1-2-36(34,35)30-26(33)24-23(19-8-5-12-29-25(19)32)22-18-7-4-3-6-17(18)9-10-20(22)31(24)15-16-11-13-28-21(27)14-16/h3-14H,2,15H2,1H3,(H2,27,28)(H,29,32)(H,30,33). The van der Waals surface area contributed by atoms with E-state index in [1.54, 1.807) is 35.0 Å². The van der Waals surface area contributed by atoms with Crippen LogP contribution in [0.4, 0.5) is 5.82 Å². The molecule has 9 nitrogen and oxygen atoms in total. The minimum atomic E-state index is -3.88. The molecule has 0 aliphatic rings. The first-order chi connectivity index (χ1) is 17.3. The Kier molecular flexibility index (Phi) is 5.81. The number of nitrogens with zero attached hydrogens (tertiary/aromatic N) is 2. The number of aromatic amines is 1. The minimum Gasteiger partial charge on any atom is -0.384 e. The van der Waals surface area contributed by atoms with Crippen molar-refractivity contribution in [3.05, 3.63) is 94.7 Å². The summed E-state index contributed by atoms with van der Waals surface area (Å²) in [6.45, 7) is 1.64. The van der Waals surface area contributed by atoms with Crippen LogP contribution in [-0.2, 0) is 16.6 Å². The van der Waals surface area contributed by atoms with Crippen molar-refractivity contribution in [1.29, 1.82) is 0 Å². The summed E-state index contributed by atoms with van der Waals surface area (Å²) >= 11 is 0. The summed E-state index contributed by atoms with van der Waals surface area (Å²) in [5.74, 6) is -0.782. The van der Waals surface area contributed by atoms with E-state index < -0.39 is 21.5 Å². The maximum atomic E-state index is 13.6. The van der Waals surface area contributed by atoms with E-state index in [0.29, 0.717) is 22.3 Å². The highest BCUT2D eigenvalue weighted by molar-refractivity contribution is 7.90. The largest absolute Gasteiger partial charge is 0.384 e. The number of amides is 1. The molecule has 36 heavy (non-hydrogen) atoms. The summed E-state index contributed by atoms with van der Waals surface area (Å²) in [5, 5.41) is 2.41. The first-order valence-electron chi connectivity index (χ1n) is 11.3. The maximum absolute atomic E-state index is 13.6. The summed E-state index contributed by atoms with van der Waals surface area (Å²) in [6, 6.07) is 18.2. The van der Waals surface area contributed by atoms with Gasteiger partial charge in [0.25, 0.3) is 11.5 Å². The Balaban J connectivity index is 1.93. The third-order valence-corrected chi connectivity index (χ3v) is 7.33. The van der Waals surface area contributed by atoms with E-state index in [4.69, 9.17) is 5.73 Å². The number of fused-ring (bicyclic) bond motifs is 3. The third-order valence-electron chi connectivity index (χ3n) is 6.07. The lowest BCUT2D eigenvalue weighted by atomic mass is 9.98. The number of rotatable bonds is 6. The molecule has 5 rings (SSSR count). The summed E-state index contributed by atoms with van der Waals surface area (Å²) < 4.78 is 28.7. The lowest BCUT2D eigenvalue weighted by Gasteiger charge is -2.13. The Morgan fingerprint density at radius 2 is 1.92 bits per heavy atom. The van der Waals surface area contributed by atoms with Crippen molar-refractivity contribution in [1.82, 2.24) is 19.3 Å². The fraction of sp³-hybridized carbons (Fsp3) is 0.115. The molecule has 3 heterocycles. The quantitative estimate of drug-likeness (QED) is 0.326. The first kappa shape index (κ1) is 23.3. The first-order valence-corrected chi connectivity index (χ1v) is 12.9. The monoisotopic (exact) mass is 501 g/mol. The summed E-state index contributed by atoms with van der Waals surface area (Å²) in [7, 11) is -3.88. The van der Waals surface area contributed by atoms with Crippen LogP contribution in [0.25, 0.3) is 32.8 Å². The second-order valence-corrected chi connectivity index (χ2v) is 10.3. The summed E-state index contributed by atoms with van der Waals surface area (Å²) in [5.41, 5.74) is 7.59. The number of aromatic nitrogens is 3. The van der Waals surface area contributed by atoms with Crippen LogP contribution in [0.3, 0.4) is 0 Å². The van der Waals surface area contributed by atoms with Crippen LogP contribution in [0.1, 0.15) is 23.0 Å². The average molecular weight is 502 g/mol. The predicted octanol–water partition coefficient (Wildman–Crippen LogP) is 3.25. The third kappa shape index (κ3) is 4.11. The highest BCUT2D eigenvalue weighted by atomic mass is 32.2. The van der Waals surface area contributed by atoms with Gasteiger partial charge in [-0.05, 0) is 53.6 Å². The van der Waals surface area contributed by atoms with Crippen molar-refractivity contribution in [2.45, 2.75) is 13.5 Å². The van der Waals surface area contributed by atoms with E-state index in [1.165, 1.54) is 13.1 Å². The highest BCUT2D eigenvalue weighted by Crippen LogP contribution is 2.39.